The van der Waals surface area contributed by atoms with Crippen LogP contribution in [-0.4, -0.2) is 11.8 Å². The fraction of sp³-hybridized carbons (Fsp3) is 0.286. The standard InChI is InChI=1S/C28H25NO2/c1-4-28-21-11-7-5-9-19(21)23(20-10-6-8-12-22(20)28)24-25(28)27(31)29(26(24)30)18-14-13-16(2)17(3)15-18/h5-15,23-25H,4H2,1-3H3/t23?,24-,25-,28?/m1/s1. The van der Waals surface area contributed by atoms with Crippen molar-refractivity contribution >= 4 is 17.5 Å². The molecule has 4 aliphatic rings. The molecule has 3 nitrogen and oxygen atoms in total. The quantitative estimate of drug-likeness (QED) is 0.543. The van der Waals surface area contributed by atoms with Crippen molar-refractivity contribution in [3.8, 4) is 0 Å². The third-order valence-electron chi connectivity index (χ3n) is 8.10. The zero-order valence-electron chi connectivity index (χ0n) is 18.1. The summed E-state index contributed by atoms with van der Waals surface area (Å²) in [5.41, 5.74) is 7.37. The summed E-state index contributed by atoms with van der Waals surface area (Å²) in [7, 11) is 0. The van der Waals surface area contributed by atoms with Crippen molar-refractivity contribution in [3.63, 3.8) is 0 Å². The van der Waals surface area contributed by atoms with Gasteiger partial charge in [-0.1, -0.05) is 61.5 Å². The molecule has 3 aliphatic carbocycles. The lowest BCUT2D eigenvalue weighted by Gasteiger charge is -2.54. The highest BCUT2D eigenvalue weighted by atomic mass is 16.2. The molecule has 3 aromatic carbocycles. The van der Waals surface area contributed by atoms with Gasteiger partial charge in [-0.3, -0.25) is 9.59 Å². The van der Waals surface area contributed by atoms with Crippen molar-refractivity contribution in [2.24, 2.45) is 11.8 Å². The van der Waals surface area contributed by atoms with E-state index in [1.807, 2.05) is 32.0 Å². The van der Waals surface area contributed by atoms with E-state index in [0.29, 0.717) is 5.69 Å². The zero-order valence-corrected chi connectivity index (χ0v) is 18.1. The van der Waals surface area contributed by atoms with Crippen LogP contribution in [0.5, 0.6) is 0 Å². The molecule has 0 saturated carbocycles. The van der Waals surface area contributed by atoms with Crippen LogP contribution < -0.4 is 4.90 Å². The Kier molecular flexibility index (Phi) is 3.69. The van der Waals surface area contributed by atoms with Crippen LogP contribution in [0, 0.1) is 25.7 Å². The number of anilines is 1. The second-order valence-electron chi connectivity index (χ2n) is 9.26. The Balaban J connectivity index is 1.62. The van der Waals surface area contributed by atoms with E-state index in [1.165, 1.54) is 27.2 Å². The maximum atomic E-state index is 14.0. The minimum Gasteiger partial charge on any atom is -0.274 e. The number of imide groups is 1. The smallest absolute Gasteiger partial charge is 0.238 e. The summed E-state index contributed by atoms with van der Waals surface area (Å²) in [6.45, 7) is 6.23. The molecule has 2 amide bonds. The maximum absolute atomic E-state index is 14.0. The van der Waals surface area contributed by atoms with Gasteiger partial charge in [0.1, 0.15) is 0 Å². The molecule has 1 fully saturated rings. The number of benzene rings is 3. The van der Waals surface area contributed by atoms with Gasteiger partial charge in [0.2, 0.25) is 11.8 Å². The summed E-state index contributed by atoms with van der Waals surface area (Å²) in [6.07, 6.45) is 0.786. The van der Waals surface area contributed by atoms with E-state index in [4.69, 9.17) is 0 Å². The number of rotatable bonds is 2. The summed E-state index contributed by atoms with van der Waals surface area (Å²) in [5.74, 6) is -0.877. The summed E-state index contributed by atoms with van der Waals surface area (Å²) >= 11 is 0. The second-order valence-corrected chi connectivity index (χ2v) is 9.26. The predicted molar refractivity (Wildman–Crippen MR) is 121 cm³/mol. The summed E-state index contributed by atoms with van der Waals surface area (Å²) in [4.78, 5) is 29.4. The van der Waals surface area contributed by atoms with Gasteiger partial charge in [-0.25, -0.2) is 4.90 Å². The molecule has 0 N–H and O–H groups in total. The zero-order chi connectivity index (χ0) is 21.5. The number of carbonyl (C=O) groups excluding carboxylic acids is 2. The highest BCUT2D eigenvalue weighted by molar-refractivity contribution is 6.23. The van der Waals surface area contributed by atoms with Crippen LogP contribution in [0.2, 0.25) is 0 Å². The van der Waals surface area contributed by atoms with Crippen LogP contribution in [-0.2, 0) is 15.0 Å². The Bertz CT molecular complexity index is 1230. The first-order valence-electron chi connectivity index (χ1n) is 11.1. The number of carbonyl (C=O) groups is 2. The van der Waals surface area contributed by atoms with Gasteiger partial charge in [-0.05, 0) is 65.8 Å². The molecule has 2 bridgehead atoms. The molecule has 0 spiro atoms. The average Bonchev–Trinajstić information content (AvgIpc) is 3.07. The van der Waals surface area contributed by atoms with Crippen molar-refractivity contribution in [2.75, 3.05) is 4.90 Å². The minimum atomic E-state index is -0.464. The fourth-order valence-electron chi connectivity index (χ4n) is 6.65. The van der Waals surface area contributed by atoms with E-state index in [-0.39, 0.29) is 29.6 Å². The first-order valence-corrected chi connectivity index (χ1v) is 11.1. The van der Waals surface area contributed by atoms with E-state index >= 15 is 0 Å². The molecule has 1 heterocycles. The number of hydrogen-bond donors (Lipinski definition) is 0. The Morgan fingerprint density at radius 3 is 2.00 bits per heavy atom. The lowest BCUT2D eigenvalue weighted by molar-refractivity contribution is -0.123. The Morgan fingerprint density at radius 1 is 0.806 bits per heavy atom. The summed E-state index contributed by atoms with van der Waals surface area (Å²) in [6, 6.07) is 22.8. The van der Waals surface area contributed by atoms with Crippen LogP contribution >= 0.6 is 0 Å². The molecule has 2 atom stereocenters. The highest BCUT2D eigenvalue weighted by Crippen LogP contribution is 2.65. The van der Waals surface area contributed by atoms with Gasteiger partial charge in [0.15, 0.2) is 0 Å². The maximum Gasteiger partial charge on any atom is 0.238 e. The van der Waals surface area contributed by atoms with Gasteiger partial charge < -0.3 is 0 Å². The molecular formula is C28H25NO2. The number of aryl methyl sites for hydroxylation is 2. The molecule has 0 radical (unpaired) electrons. The van der Waals surface area contributed by atoms with Gasteiger partial charge >= 0.3 is 0 Å². The van der Waals surface area contributed by atoms with E-state index in [9.17, 15) is 9.59 Å². The largest absolute Gasteiger partial charge is 0.274 e. The molecule has 0 unspecified atom stereocenters. The topological polar surface area (TPSA) is 37.4 Å². The molecule has 3 heteroatoms. The van der Waals surface area contributed by atoms with E-state index in [2.05, 4.69) is 55.5 Å². The minimum absolute atomic E-state index is 0.0471. The number of hydrogen-bond acceptors (Lipinski definition) is 2. The van der Waals surface area contributed by atoms with Crippen molar-refractivity contribution in [2.45, 2.75) is 38.5 Å². The van der Waals surface area contributed by atoms with Crippen LogP contribution in [0.3, 0.4) is 0 Å². The summed E-state index contributed by atoms with van der Waals surface area (Å²) in [5, 5.41) is 0. The van der Waals surface area contributed by atoms with E-state index < -0.39 is 5.41 Å². The molecule has 154 valence electrons. The van der Waals surface area contributed by atoms with Gasteiger partial charge in [-0.15, -0.1) is 0 Å². The third-order valence-corrected chi connectivity index (χ3v) is 8.10. The molecule has 7 rings (SSSR count). The van der Waals surface area contributed by atoms with Crippen molar-refractivity contribution in [1.82, 2.24) is 0 Å². The number of nitrogens with zero attached hydrogens (tertiary/aromatic N) is 1. The van der Waals surface area contributed by atoms with Crippen molar-refractivity contribution < 1.29 is 9.59 Å². The van der Waals surface area contributed by atoms with Crippen LogP contribution in [0.25, 0.3) is 0 Å². The monoisotopic (exact) mass is 407 g/mol. The molecule has 1 saturated heterocycles. The molecule has 3 aromatic rings. The lowest BCUT2D eigenvalue weighted by Crippen LogP contribution is -2.53. The van der Waals surface area contributed by atoms with E-state index in [1.54, 1.807) is 0 Å². The molecule has 31 heavy (non-hydrogen) atoms. The van der Waals surface area contributed by atoms with Gasteiger partial charge in [0.25, 0.3) is 0 Å². The van der Waals surface area contributed by atoms with Gasteiger partial charge in [0.05, 0.1) is 17.5 Å². The molecule has 1 aliphatic heterocycles. The first kappa shape index (κ1) is 18.6. The van der Waals surface area contributed by atoms with Crippen molar-refractivity contribution in [1.29, 1.82) is 0 Å². The van der Waals surface area contributed by atoms with Crippen LogP contribution in [0.15, 0.2) is 66.7 Å². The van der Waals surface area contributed by atoms with Crippen LogP contribution in [0.4, 0.5) is 5.69 Å². The normalized spacial score (nSPS) is 27.8. The molecule has 0 aromatic heterocycles. The Morgan fingerprint density at radius 2 is 1.42 bits per heavy atom. The van der Waals surface area contributed by atoms with Crippen LogP contribution in [0.1, 0.15) is 52.6 Å². The number of amides is 2. The second kappa shape index (κ2) is 6.16. The Hall–Kier alpha value is -3.20. The first-order chi connectivity index (χ1) is 15.0. The summed E-state index contributed by atoms with van der Waals surface area (Å²) < 4.78 is 0. The van der Waals surface area contributed by atoms with Gasteiger partial charge in [0, 0.05) is 11.3 Å². The lowest BCUT2D eigenvalue weighted by atomic mass is 9.46. The predicted octanol–water partition coefficient (Wildman–Crippen LogP) is 5.26. The van der Waals surface area contributed by atoms with E-state index in [0.717, 1.165) is 17.5 Å². The SMILES string of the molecule is CCC12c3ccccc3C(c3ccccc31)[C@H]1C(=O)N(c3ccc(C)c(C)c3)C(=O)[C@@H]12. The fourth-order valence-corrected chi connectivity index (χ4v) is 6.65. The Labute approximate surface area is 182 Å². The van der Waals surface area contributed by atoms with Crippen molar-refractivity contribution in [3.05, 3.63) is 100 Å². The molecular weight excluding hydrogens is 382 g/mol. The third kappa shape index (κ3) is 2.09. The average molecular weight is 408 g/mol. The van der Waals surface area contributed by atoms with Gasteiger partial charge in [-0.2, -0.15) is 0 Å². The highest BCUT2D eigenvalue weighted by Gasteiger charge is 2.67.